The average molecular weight is 232 g/mol. The monoisotopic (exact) mass is 232 g/mol. The van der Waals surface area contributed by atoms with Gasteiger partial charge in [0, 0.05) is 7.11 Å². The van der Waals surface area contributed by atoms with Crippen LogP contribution < -0.4 is 0 Å². The van der Waals surface area contributed by atoms with E-state index in [1.54, 1.807) is 7.11 Å². The van der Waals surface area contributed by atoms with Crippen LogP contribution in [-0.4, -0.2) is 23.9 Å². The molecule has 2 bridgehead atoms. The molecule has 0 aromatic heterocycles. The molecule has 0 heterocycles. The highest BCUT2D eigenvalue weighted by atomic mass is 16.5. The van der Waals surface area contributed by atoms with Crippen molar-refractivity contribution < 1.29 is 9.84 Å². The van der Waals surface area contributed by atoms with Crippen molar-refractivity contribution in [1.82, 2.24) is 0 Å². The van der Waals surface area contributed by atoms with Crippen molar-refractivity contribution in [1.29, 1.82) is 0 Å². The highest BCUT2D eigenvalue weighted by Crippen LogP contribution is 2.53. The molecule has 0 radical (unpaired) electrons. The maximum Gasteiger partial charge on any atom is 0.0942 e. The van der Waals surface area contributed by atoms with Crippen molar-refractivity contribution in [2.24, 2.45) is 5.92 Å². The third-order valence-electron chi connectivity index (χ3n) is 4.84. The maximum atomic E-state index is 10.2. The molecular weight excluding hydrogens is 212 g/mol. The van der Waals surface area contributed by atoms with E-state index < -0.39 is 0 Å². The minimum Gasteiger partial charge on any atom is -0.390 e. The molecule has 4 rings (SSSR count). The second kappa shape index (κ2) is 4.11. The highest BCUT2D eigenvalue weighted by Gasteiger charge is 2.52. The number of aliphatic hydroxyl groups is 1. The van der Waals surface area contributed by atoms with Gasteiger partial charge in [0.05, 0.1) is 11.7 Å². The van der Waals surface area contributed by atoms with Crippen molar-refractivity contribution in [3.63, 3.8) is 0 Å². The second-order valence-electron chi connectivity index (χ2n) is 5.54. The summed E-state index contributed by atoms with van der Waals surface area (Å²) in [6.07, 6.45) is 3.79. The second-order valence-corrected chi connectivity index (χ2v) is 5.54. The van der Waals surface area contributed by atoms with Gasteiger partial charge >= 0.3 is 0 Å². The molecule has 3 fully saturated rings. The Morgan fingerprint density at radius 2 is 2.06 bits per heavy atom. The van der Waals surface area contributed by atoms with Crippen LogP contribution in [0.1, 0.15) is 37.2 Å². The quantitative estimate of drug-likeness (QED) is 0.849. The van der Waals surface area contributed by atoms with Gasteiger partial charge in [0.2, 0.25) is 0 Å². The number of methoxy groups -OCH3 is 1. The summed E-state index contributed by atoms with van der Waals surface area (Å²) in [5.74, 6) is 1.19. The molecule has 3 saturated carbocycles. The van der Waals surface area contributed by atoms with Crippen molar-refractivity contribution in [3.8, 4) is 0 Å². The van der Waals surface area contributed by atoms with Crippen LogP contribution in [0.25, 0.3) is 0 Å². The minimum atomic E-state index is -0.282. The molecule has 2 nitrogen and oxygen atoms in total. The van der Waals surface area contributed by atoms with Gasteiger partial charge in [0.1, 0.15) is 0 Å². The lowest BCUT2D eigenvalue weighted by Crippen LogP contribution is -2.55. The fraction of sp³-hybridized carbons (Fsp3) is 0.600. The van der Waals surface area contributed by atoms with E-state index in [9.17, 15) is 5.11 Å². The molecule has 4 unspecified atom stereocenters. The Hall–Kier alpha value is -0.860. The SMILES string of the molecule is COC12CCC(CC1O)C(c1ccccc1)C2. The number of fused-ring (bicyclic) bond motifs is 3. The standard InChI is InChI=1S/C15H20O2/c1-17-15-8-7-12(9-14(15)16)13(10-15)11-5-3-2-4-6-11/h2-6,12-14,16H,7-10H2,1H3. The number of benzene rings is 1. The summed E-state index contributed by atoms with van der Waals surface area (Å²) in [5, 5.41) is 10.2. The fourth-order valence-electron chi connectivity index (χ4n) is 3.77. The van der Waals surface area contributed by atoms with Crippen LogP contribution >= 0.6 is 0 Å². The van der Waals surface area contributed by atoms with E-state index in [0.29, 0.717) is 11.8 Å². The van der Waals surface area contributed by atoms with Crippen LogP contribution in [0.5, 0.6) is 0 Å². The Balaban J connectivity index is 1.90. The predicted molar refractivity (Wildman–Crippen MR) is 66.9 cm³/mol. The van der Waals surface area contributed by atoms with Crippen molar-refractivity contribution in [2.45, 2.75) is 43.3 Å². The van der Waals surface area contributed by atoms with E-state index in [2.05, 4.69) is 30.3 Å². The van der Waals surface area contributed by atoms with E-state index in [-0.39, 0.29) is 11.7 Å². The van der Waals surface area contributed by atoms with Crippen LogP contribution in [0, 0.1) is 5.92 Å². The molecule has 0 spiro atoms. The first-order chi connectivity index (χ1) is 8.25. The first kappa shape index (κ1) is 11.2. The molecule has 1 aromatic carbocycles. The minimum absolute atomic E-state index is 0.272. The zero-order valence-electron chi connectivity index (χ0n) is 10.3. The Bertz CT molecular complexity index is 389. The first-order valence-electron chi connectivity index (χ1n) is 6.53. The number of hydrogen-bond donors (Lipinski definition) is 1. The van der Waals surface area contributed by atoms with E-state index in [0.717, 1.165) is 19.3 Å². The van der Waals surface area contributed by atoms with Crippen LogP contribution in [0.2, 0.25) is 0 Å². The molecule has 1 aromatic rings. The average Bonchev–Trinajstić information content (AvgIpc) is 2.40. The summed E-state index contributed by atoms with van der Waals surface area (Å²) in [4.78, 5) is 0. The van der Waals surface area contributed by atoms with Crippen LogP contribution in [0.15, 0.2) is 30.3 Å². The van der Waals surface area contributed by atoms with E-state index in [4.69, 9.17) is 4.74 Å². The lowest BCUT2D eigenvalue weighted by Gasteiger charge is -2.53. The predicted octanol–water partition coefficient (Wildman–Crippen LogP) is 2.72. The summed E-state index contributed by atoms with van der Waals surface area (Å²) in [5.41, 5.74) is 1.13. The number of ether oxygens (including phenoxy) is 1. The maximum absolute atomic E-state index is 10.2. The lowest BCUT2D eigenvalue weighted by atomic mass is 9.59. The van der Waals surface area contributed by atoms with Crippen LogP contribution in [0.3, 0.4) is 0 Å². The lowest BCUT2D eigenvalue weighted by molar-refractivity contribution is -0.172. The van der Waals surface area contributed by atoms with Gasteiger partial charge in [-0.3, -0.25) is 0 Å². The number of aliphatic hydroxyl groups excluding tert-OH is 1. The van der Waals surface area contributed by atoms with Gasteiger partial charge in [-0.25, -0.2) is 0 Å². The topological polar surface area (TPSA) is 29.5 Å². The normalized spacial score (nSPS) is 40.5. The molecule has 3 aliphatic carbocycles. The van der Waals surface area contributed by atoms with E-state index in [1.807, 2.05) is 0 Å². The molecule has 0 amide bonds. The van der Waals surface area contributed by atoms with E-state index >= 15 is 0 Å². The van der Waals surface area contributed by atoms with Crippen LogP contribution in [-0.2, 0) is 4.74 Å². The van der Waals surface area contributed by atoms with Gasteiger partial charge < -0.3 is 9.84 Å². The van der Waals surface area contributed by atoms with Gasteiger partial charge in [-0.05, 0) is 43.1 Å². The Morgan fingerprint density at radius 3 is 2.71 bits per heavy atom. The Morgan fingerprint density at radius 1 is 1.29 bits per heavy atom. The first-order valence-corrected chi connectivity index (χ1v) is 6.53. The highest BCUT2D eigenvalue weighted by molar-refractivity contribution is 5.24. The molecule has 1 N–H and O–H groups in total. The zero-order chi connectivity index (χ0) is 11.9. The number of rotatable bonds is 2. The summed E-state index contributed by atoms with van der Waals surface area (Å²) in [7, 11) is 1.75. The van der Waals surface area contributed by atoms with Gasteiger partial charge in [0.15, 0.2) is 0 Å². The van der Waals surface area contributed by atoms with Crippen molar-refractivity contribution in [2.75, 3.05) is 7.11 Å². The molecule has 17 heavy (non-hydrogen) atoms. The molecule has 0 aliphatic heterocycles. The van der Waals surface area contributed by atoms with Crippen LogP contribution in [0.4, 0.5) is 0 Å². The summed E-state index contributed by atoms with van der Waals surface area (Å²) in [6, 6.07) is 10.7. The summed E-state index contributed by atoms with van der Waals surface area (Å²) >= 11 is 0. The van der Waals surface area contributed by atoms with Gasteiger partial charge in [0.25, 0.3) is 0 Å². The molecule has 2 heteroatoms. The number of hydrogen-bond acceptors (Lipinski definition) is 2. The largest absolute Gasteiger partial charge is 0.390 e. The van der Waals surface area contributed by atoms with Crippen molar-refractivity contribution >= 4 is 0 Å². The summed E-state index contributed by atoms with van der Waals surface area (Å²) < 4.78 is 5.68. The third kappa shape index (κ3) is 1.71. The van der Waals surface area contributed by atoms with Gasteiger partial charge in [-0.1, -0.05) is 30.3 Å². The molecule has 92 valence electrons. The molecule has 0 saturated heterocycles. The molecule has 4 atom stereocenters. The Labute approximate surface area is 103 Å². The van der Waals surface area contributed by atoms with Gasteiger partial charge in [-0.2, -0.15) is 0 Å². The van der Waals surface area contributed by atoms with Gasteiger partial charge in [-0.15, -0.1) is 0 Å². The Kier molecular flexibility index (Phi) is 2.72. The third-order valence-corrected chi connectivity index (χ3v) is 4.84. The summed E-state index contributed by atoms with van der Waals surface area (Å²) in [6.45, 7) is 0. The molecule has 3 aliphatic rings. The van der Waals surface area contributed by atoms with E-state index in [1.165, 1.54) is 12.0 Å². The smallest absolute Gasteiger partial charge is 0.0942 e. The fourth-order valence-corrected chi connectivity index (χ4v) is 3.77. The van der Waals surface area contributed by atoms with Crippen molar-refractivity contribution in [3.05, 3.63) is 35.9 Å². The molecular formula is C15H20O2. The zero-order valence-corrected chi connectivity index (χ0v) is 10.3.